The largest absolute Gasteiger partial charge is 0.366 e. The van der Waals surface area contributed by atoms with E-state index in [0.717, 1.165) is 0 Å². The molecule has 2 bridgehead atoms. The lowest BCUT2D eigenvalue weighted by Crippen LogP contribution is -2.62. The van der Waals surface area contributed by atoms with Crippen molar-refractivity contribution in [3.8, 4) is 0 Å². The third-order valence-corrected chi connectivity index (χ3v) is 7.11. The molecule has 0 unspecified atom stereocenters. The highest BCUT2D eigenvalue weighted by molar-refractivity contribution is 6.80. The normalized spacial score (nSPS) is 44.9. The standard InChI is InChI=1S/C12H20O2Si/c1-8-10-6-7-12(14-10,15(3,4)5)9(2)11(8)13/h6-10H,1-5H3/t8-,9-,10-,12+/m0/s1. The monoisotopic (exact) mass is 224 g/mol. The predicted octanol–water partition coefficient (Wildman–Crippen LogP) is 2.41. The molecule has 0 aliphatic carbocycles. The summed E-state index contributed by atoms with van der Waals surface area (Å²) < 4.78 is 6.17. The average molecular weight is 224 g/mol. The van der Waals surface area contributed by atoms with Crippen LogP contribution in [0.2, 0.25) is 19.6 Å². The maximum Gasteiger partial charge on any atom is 0.144 e. The molecule has 3 heteroatoms. The smallest absolute Gasteiger partial charge is 0.144 e. The number of Topliss-reactive ketones (excluding diaryl/α,β-unsaturated/α-hetero) is 1. The quantitative estimate of drug-likeness (QED) is 0.505. The Kier molecular flexibility index (Phi) is 2.25. The van der Waals surface area contributed by atoms with Crippen molar-refractivity contribution in [2.45, 2.75) is 44.8 Å². The van der Waals surface area contributed by atoms with Crippen LogP contribution in [0, 0.1) is 11.8 Å². The SMILES string of the molecule is C[C@@H]1C(=O)[C@H](C)[C@]2([Si](C)(C)C)C=C[C@@H]1O2. The van der Waals surface area contributed by atoms with E-state index in [-0.39, 0.29) is 23.2 Å². The molecule has 0 saturated carbocycles. The molecule has 2 aliphatic rings. The summed E-state index contributed by atoms with van der Waals surface area (Å²) in [4.78, 5) is 12.1. The molecule has 2 heterocycles. The maximum absolute atomic E-state index is 12.1. The molecule has 15 heavy (non-hydrogen) atoms. The summed E-state index contributed by atoms with van der Waals surface area (Å²) >= 11 is 0. The predicted molar refractivity (Wildman–Crippen MR) is 63.4 cm³/mol. The highest BCUT2D eigenvalue weighted by atomic mass is 28.3. The molecule has 2 aliphatic heterocycles. The van der Waals surface area contributed by atoms with Gasteiger partial charge in [-0.05, 0) is 0 Å². The van der Waals surface area contributed by atoms with Gasteiger partial charge in [-0.25, -0.2) is 0 Å². The number of carbonyl (C=O) groups is 1. The molecule has 84 valence electrons. The molecule has 4 atom stereocenters. The Morgan fingerprint density at radius 2 is 1.93 bits per heavy atom. The molecule has 1 saturated heterocycles. The van der Waals surface area contributed by atoms with Crippen LogP contribution in [0.25, 0.3) is 0 Å². The molecule has 0 radical (unpaired) electrons. The van der Waals surface area contributed by atoms with Crippen molar-refractivity contribution in [2.75, 3.05) is 0 Å². The Morgan fingerprint density at radius 3 is 2.47 bits per heavy atom. The number of ether oxygens (including phenoxy) is 1. The van der Waals surface area contributed by atoms with E-state index in [9.17, 15) is 4.79 Å². The van der Waals surface area contributed by atoms with Crippen molar-refractivity contribution in [3.63, 3.8) is 0 Å². The maximum atomic E-state index is 12.1. The minimum Gasteiger partial charge on any atom is -0.366 e. The second-order valence-electron chi connectivity index (χ2n) is 5.90. The minimum atomic E-state index is -1.53. The molecule has 0 spiro atoms. The molecule has 0 amide bonds. The average Bonchev–Trinajstić information content (AvgIpc) is 2.54. The molecule has 0 aromatic carbocycles. The second kappa shape index (κ2) is 3.05. The van der Waals surface area contributed by atoms with E-state index in [1.54, 1.807) is 0 Å². The summed E-state index contributed by atoms with van der Waals surface area (Å²) in [6.45, 7) is 10.8. The lowest BCUT2D eigenvalue weighted by molar-refractivity contribution is -0.148. The van der Waals surface area contributed by atoms with Crippen molar-refractivity contribution < 1.29 is 9.53 Å². The van der Waals surface area contributed by atoms with Crippen molar-refractivity contribution in [1.29, 1.82) is 0 Å². The first-order chi connectivity index (χ1) is 6.79. The second-order valence-corrected chi connectivity index (χ2v) is 11.2. The fraction of sp³-hybridized carbons (Fsp3) is 0.750. The number of rotatable bonds is 1. The van der Waals surface area contributed by atoms with Gasteiger partial charge in [0.25, 0.3) is 0 Å². The van der Waals surface area contributed by atoms with E-state index in [0.29, 0.717) is 5.78 Å². The van der Waals surface area contributed by atoms with Crippen LogP contribution in [0.5, 0.6) is 0 Å². The van der Waals surface area contributed by atoms with Crippen molar-refractivity contribution in [2.24, 2.45) is 11.8 Å². The van der Waals surface area contributed by atoms with Gasteiger partial charge in [-0.1, -0.05) is 45.6 Å². The number of hydrogen-bond donors (Lipinski definition) is 0. The van der Waals surface area contributed by atoms with Crippen LogP contribution in [0.1, 0.15) is 13.8 Å². The van der Waals surface area contributed by atoms with Gasteiger partial charge in [0.2, 0.25) is 0 Å². The van der Waals surface area contributed by atoms with Gasteiger partial charge >= 0.3 is 0 Å². The third kappa shape index (κ3) is 1.29. The van der Waals surface area contributed by atoms with E-state index >= 15 is 0 Å². The zero-order valence-electron chi connectivity index (χ0n) is 10.2. The highest BCUT2D eigenvalue weighted by Crippen LogP contribution is 2.46. The van der Waals surface area contributed by atoms with E-state index in [4.69, 9.17) is 4.74 Å². The number of carbonyl (C=O) groups excluding carboxylic acids is 1. The molecular weight excluding hydrogens is 204 g/mol. The van der Waals surface area contributed by atoms with Gasteiger partial charge in [0.15, 0.2) is 0 Å². The van der Waals surface area contributed by atoms with Crippen molar-refractivity contribution in [3.05, 3.63) is 12.2 Å². The van der Waals surface area contributed by atoms with Crippen LogP contribution in [0.3, 0.4) is 0 Å². The molecule has 1 fully saturated rings. The van der Waals surface area contributed by atoms with Gasteiger partial charge in [0.1, 0.15) is 5.78 Å². The molecule has 0 aromatic heterocycles. The topological polar surface area (TPSA) is 26.3 Å². The number of hydrogen-bond acceptors (Lipinski definition) is 2. The van der Waals surface area contributed by atoms with Gasteiger partial charge in [-0.2, -0.15) is 0 Å². The Hall–Kier alpha value is -0.413. The van der Waals surface area contributed by atoms with Crippen molar-refractivity contribution in [1.82, 2.24) is 0 Å². The van der Waals surface area contributed by atoms with Crippen LogP contribution in [0.15, 0.2) is 12.2 Å². The summed E-state index contributed by atoms with van der Waals surface area (Å²) in [5.41, 5.74) is 0. The lowest BCUT2D eigenvalue weighted by atomic mass is 9.87. The summed E-state index contributed by atoms with van der Waals surface area (Å²) in [5.74, 6) is 0.427. The van der Waals surface area contributed by atoms with E-state index in [1.165, 1.54) is 0 Å². The molecular formula is C12H20O2Si. The molecule has 0 N–H and O–H groups in total. The summed E-state index contributed by atoms with van der Waals surface area (Å²) in [5, 5.41) is -0.249. The van der Waals surface area contributed by atoms with E-state index in [1.807, 2.05) is 13.8 Å². The Balaban J connectivity index is 2.45. The first-order valence-electron chi connectivity index (χ1n) is 5.70. The number of ketones is 1. The Bertz CT molecular complexity index is 329. The zero-order chi connectivity index (χ0) is 11.4. The van der Waals surface area contributed by atoms with Gasteiger partial charge in [0, 0.05) is 11.8 Å². The first-order valence-corrected chi connectivity index (χ1v) is 9.20. The van der Waals surface area contributed by atoms with Crippen molar-refractivity contribution >= 4 is 13.9 Å². The summed E-state index contributed by atoms with van der Waals surface area (Å²) in [6.07, 6.45) is 4.31. The van der Waals surface area contributed by atoms with Crippen LogP contribution < -0.4 is 0 Å². The van der Waals surface area contributed by atoms with Gasteiger partial charge in [-0.3, -0.25) is 4.79 Å². The molecule has 2 rings (SSSR count). The fourth-order valence-corrected chi connectivity index (χ4v) is 5.43. The van der Waals surface area contributed by atoms with Gasteiger partial charge in [-0.15, -0.1) is 0 Å². The minimum absolute atomic E-state index is 0.0224. The Labute approximate surface area is 92.7 Å². The summed E-state index contributed by atoms with van der Waals surface area (Å²) in [7, 11) is -1.53. The molecule has 0 aromatic rings. The Morgan fingerprint density at radius 1 is 1.33 bits per heavy atom. The van der Waals surface area contributed by atoms with Crippen LogP contribution in [0.4, 0.5) is 0 Å². The van der Waals surface area contributed by atoms with E-state index < -0.39 is 8.07 Å². The highest BCUT2D eigenvalue weighted by Gasteiger charge is 2.58. The number of fused-ring (bicyclic) bond motifs is 2. The molecule has 2 nitrogen and oxygen atoms in total. The van der Waals surface area contributed by atoms with E-state index in [2.05, 4.69) is 31.8 Å². The van der Waals surface area contributed by atoms with Gasteiger partial charge < -0.3 is 4.74 Å². The van der Waals surface area contributed by atoms with Crippen LogP contribution in [-0.2, 0) is 9.53 Å². The van der Waals surface area contributed by atoms with Crippen LogP contribution in [-0.4, -0.2) is 25.2 Å². The first kappa shape index (κ1) is 11.1. The van der Waals surface area contributed by atoms with Gasteiger partial charge in [0.05, 0.1) is 19.4 Å². The third-order valence-electron chi connectivity index (χ3n) is 4.05. The zero-order valence-corrected chi connectivity index (χ0v) is 11.2. The summed E-state index contributed by atoms with van der Waals surface area (Å²) in [6, 6.07) is 0. The van der Waals surface area contributed by atoms with Crippen LogP contribution >= 0.6 is 0 Å². The lowest BCUT2D eigenvalue weighted by Gasteiger charge is -2.47. The fourth-order valence-electron chi connectivity index (χ4n) is 2.90.